The first-order chi connectivity index (χ1) is 6.32. The van der Waals surface area contributed by atoms with Crippen LogP contribution in [0, 0.1) is 0 Å². The number of primary sulfonamides is 1. The van der Waals surface area contributed by atoms with E-state index in [-0.39, 0.29) is 15.5 Å². The average Bonchev–Trinajstić information content (AvgIpc) is 2.02. The quantitative estimate of drug-likeness (QED) is 0.809. The zero-order valence-corrected chi connectivity index (χ0v) is 9.03. The van der Waals surface area contributed by atoms with Gasteiger partial charge in [-0.2, -0.15) is 0 Å². The molecule has 0 spiro atoms. The number of halogens is 2. The summed E-state index contributed by atoms with van der Waals surface area (Å²) in [7, 11) is -3.85. The molecule has 0 bridgehead atoms. The van der Waals surface area contributed by atoms with Crippen LogP contribution in [-0.4, -0.2) is 13.7 Å². The molecule has 7 heteroatoms. The fraction of sp³-hybridized carbons (Fsp3) is 0. The maximum Gasteiger partial charge on any atom is 0.253 e. The van der Waals surface area contributed by atoms with Crippen LogP contribution in [-0.2, 0) is 10.0 Å². The highest BCUT2D eigenvalue weighted by Gasteiger charge is 2.13. The van der Waals surface area contributed by atoms with E-state index >= 15 is 0 Å². The van der Waals surface area contributed by atoms with Gasteiger partial charge >= 0.3 is 0 Å². The molecular formula is C7H5Cl2NO3S. The lowest BCUT2D eigenvalue weighted by molar-refractivity contribution is 0.108. The minimum atomic E-state index is -3.85. The highest BCUT2D eigenvalue weighted by Crippen LogP contribution is 2.21. The molecule has 1 aromatic carbocycles. The Morgan fingerprint density at radius 1 is 1.36 bits per heavy atom. The number of hydrogen-bond donors (Lipinski definition) is 1. The number of carbonyl (C=O) groups is 1. The third-order valence-corrected chi connectivity index (χ3v) is 2.92. The van der Waals surface area contributed by atoms with Crippen molar-refractivity contribution in [2.45, 2.75) is 4.90 Å². The van der Waals surface area contributed by atoms with Crippen molar-refractivity contribution in [3.05, 3.63) is 28.8 Å². The molecule has 0 heterocycles. The van der Waals surface area contributed by atoms with Gasteiger partial charge in [-0.15, -0.1) is 0 Å². The highest BCUT2D eigenvalue weighted by atomic mass is 35.5. The summed E-state index contributed by atoms with van der Waals surface area (Å²) in [6.45, 7) is 0. The van der Waals surface area contributed by atoms with E-state index in [0.717, 1.165) is 6.07 Å². The molecule has 1 aromatic rings. The van der Waals surface area contributed by atoms with Crippen molar-refractivity contribution in [3.8, 4) is 0 Å². The van der Waals surface area contributed by atoms with Crippen molar-refractivity contribution in [1.82, 2.24) is 0 Å². The van der Waals surface area contributed by atoms with Crippen molar-refractivity contribution in [1.29, 1.82) is 0 Å². The zero-order valence-electron chi connectivity index (χ0n) is 6.70. The van der Waals surface area contributed by atoms with Gasteiger partial charge in [0.15, 0.2) is 0 Å². The first-order valence-corrected chi connectivity index (χ1v) is 5.65. The maximum atomic E-state index is 10.9. The van der Waals surface area contributed by atoms with E-state index in [9.17, 15) is 13.2 Å². The van der Waals surface area contributed by atoms with Gasteiger partial charge in [-0.3, -0.25) is 4.79 Å². The molecule has 76 valence electrons. The molecule has 0 radical (unpaired) electrons. The normalized spacial score (nSPS) is 11.4. The van der Waals surface area contributed by atoms with Gasteiger partial charge in [-0.1, -0.05) is 11.6 Å². The predicted molar refractivity (Wildman–Crippen MR) is 53.0 cm³/mol. The van der Waals surface area contributed by atoms with Crippen LogP contribution in [0.25, 0.3) is 0 Å². The van der Waals surface area contributed by atoms with Gasteiger partial charge in [-0.25, -0.2) is 13.6 Å². The van der Waals surface area contributed by atoms with Crippen LogP contribution in [0.3, 0.4) is 0 Å². The van der Waals surface area contributed by atoms with Crippen molar-refractivity contribution in [2.24, 2.45) is 5.14 Å². The Hall–Kier alpha value is -0.620. The number of sulfonamides is 1. The summed E-state index contributed by atoms with van der Waals surface area (Å²) in [6.07, 6.45) is 0. The lowest BCUT2D eigenvalue weighted by Crippen LogP contribution is -2.12. The summed E-state index contributed by atoms with van der Waals surface area (Å²) in [5.41, 5.74) is -0.0835. The van der Waals surface area contributed by atoms with Crippen LogP contribution in [0.15, 0.2) is 23.1 Å². The fourth-order valence-corrected chi connectivity index (χ4v) is 1.78. The lowest BCUT2D eigenvalue weighted by Gasteiger charge is -2.01. The smallest absolute Gasteiger partial charge is 0.253 e. The van der Waals surface area contributed by atoms with E-state index < -0.39 is 15.3 Å². The molecule has 0 atom stereocenters. The predicted octanol–water partition coefficient (Wildman–Crippen LogP) is 1.37. The Morgan fingerprint density at radius 2 is 1.93 bits per heavy atom. The summed E-state index contributed by atoms with van der Waals surface area (Å²) < 4.78 is 21.8. The van der Waals surface area contributed by atoms with E-state index in [0.29, 0.717) is 0 Å². The van der Waals surface area contributed by atoms with Gasteiger partial charge in [0, 0.05) is 0 Å². The van der Waals surface area contributed by atoms with E-state index in [1.165, 1.54) is 12.1 Å². The van der Waals surface area contributed by atoms with Gasteiger partial charge in [0.25, 0.3) is 5.24 Å². The first-order valence-electron chi connectivity index (χ1n) is 3.34. The topological polar surface area (TPSA) is 77.2 Å². The second-order valence-corrected chi connectivity index (χ2v) is 4.77. The lowest BCUT2D eigenvalue weighted by atomic mass is 10.2. The Labute approximate surface area is 90.7 Å². The Balaban J connectivity index is 3.42. The Morgan fingerprint density at radius 3 is 2.36 bits per heavy atom. The van der Waals surface area contributed by atoms with Crippen LogP contribution in [0.4, 0.5) is 0 Å². The molecule has 0 aliphatic heterocycles. The molecule has 2 N–H and O–H groups in total. The number of hydrogen-bond acceptors (Lipinski definition) is 3. The zero-order chi connectivity index (χ0) is 10.9. The standard InChI is InChI=1S/C7H5Cl2NO3S/c8-6-2-1-4(14(10,12)13)3-5(6)7(9)11/h1-3H,(H2,10,12,13). The SMILES string of the molecule is NS(=O)(=O)c1ccc(Cl)c(C(=O)Cl)c1. The minimum absolute atomic E-state index is 0.0809. The minimum Gasteiger partial charge on any atom is -0.276 e. The summed E-state index contributed by atoms with van der Waals surface area (Å²) in [5.74, 6) is 0. The van der Waals surface area contributed by atoms with Crippen LogP contribution < -0.4 is 5.14 Å². The maximum absolute atomic E-state index is 10.9. The first kappa shape index (κ1) is 11.5. The monoisotopic (exact) mass is 253 g/mol. The van der Waals surface area contributed by atoms with E-state index in [1.807, 2.05) is 0 Å². The number of nitrogens with two attached hydrogens (primary N) is 1. The number of benzene rings is 1. The fourth-order valence-electron chi connectivity index (χ4n) is 0.832. The molecule has 14 heavy (non-hydrogen) atoms. The second-order valence-electron chi connectivity index (χ2n) is 2.46. The van der Waals surface area contributed by atoms with E-state index in [4.69, 9.17) is 28.3 Å². The van der Waals surface area contributed by atoms with Gasteiger partial charge in [0.2, 0.25) is 10.0 Å². The molecule has 0 aromatic heterocycles. The van der Waals surface area contributed by atoms with E-state index in [2.05, 4.69) is 0 Å². The van der Waals surface area contributed by atoms with Crippen molar-refractivity contribution >= 4 is 38.5 Å². The Bertz CT molecular complexity index is 484. The molecule has 1 rings (SSSR count). The van der Waals surface area contributed by atoms with Gasteiger partial charge in [0.1, 0.15) is 0 Å². The average molecular weight is 254 g/mol. The number of carbonyl (C=O) groups excluding carboxylic acids is 1. The summed E-state index contributed by atoms with van der Waals surface area (Å²) in [4.78, 5) is 10.6. The molecule has 0 unspecified atom stereocenters. The van der Waals surface area contributed by atoms with E-state index in [1.54, 1.807) is 0 Å². The van der Waals surface area contributed by atoms with Crippen molar-refractivity contribution in [2.75, 3.05) is 0 Å². The second kappa shape index (κ2) is 3.86. The van der Waals surface area contributed by atoms with Crippen molar-refractivity contribution in [3.63, 3.8) is 0 Å². The molecule has 0 saturated heterocycles. The summed E-state index contributed by atoms with van der Waals surface area (Å²) in [6, 6.07) is 3.48. The summed E-state index contributed by atoms with van der Waals surface area (Å²) >= 11 is 10.8. The highest BCUT2D eigenvalue weighted by molar-refractivity contribution is 7.89. The molecule has 0 amide bonds. The third kappa shape index (κ3) is 2.45. The third-order valence-electron chi connectivity index (χ3n) is 1.48. The van der Waals surface area contributed by atoms with Gasteiger partial charge in [-0.05, 0) is 29.8 Å². The molecule has 0 aliphatic rings. The molecule has 0 saturated carbocycles. The summed E-state index contributed by atoms with van der Waals surface area (Å²) in [5, 5.41) is 4.10. The van der Waals surface area contributed by atoms with Crippen LogP contribution in [0.1, 0.15) is 10.4 Å². The van der Waals surface area contributed by atoms with Gasteiger partial charge in [0.05, 0.1) is 15.5 Å². The van der Waals surface area contributed by atoms with Crippen molar-refractivity contribution < 1.29 is 13.2 Å². The van der Waals surface area contributed by atoms with Gasteiger partial charge < -0.3 is 0 Å². The molecule has 0 fully saturated rings. The Kier molecular flexibility index (Phi) is 3.16. The number of rotatable bonds is 2. The largest absolute Gasteiger partial charge is 0.276 e. The molecule has 4 nitrogen and oxygen atoms in total. The molecular weight excluding hydrogens is 249 g/mol. The van der Waals surface area contributed by atoms with Crippen LogP contribution >= 0.6 is 23.2 Å². The van der Waals surface area contributed by atoms with Crippen LogP contribution in [0.5, 0.6) is 0 Å². The molecule has 0 aliphatic carbocycles. The van der Waals surface area contributed by atoms with Crippen LogP contribution in [0.2, 0.25) is 5.02 Å².